The third-order valence-corrected chi connectivity index (χ3v) is 3.12. The van der Waals surface area contributed by atoms with Crippen molar-refractivity contribution in [2.24, 2.45) is 5.92 Å². The number of hydrogen-bond acceptors (Lipinski definition) is 1. The maximum absolute atomic E-state index is 2.44. The maximum Gasteiger partial charge on any atom is 0.0155 e. The Balaban J connectivity index is 2.67. The van der Waals surface area contributed by atoms with Crippen LogP contribution in [0.4, 0.5) is 0 Å². The van der Waals surface area contributed by atoms with Crippen LogP contribution in [0.2, 0.25) is 0 Å². The molecule has 1 aromatic rings. The van der Waals surface area contributed by atoms with Gasteiger partial charge in [-0.25, -0.2) is 0 Å². The van der Waals surface area contributed by atoms with Crippen LogP contribution in [0.15, 0.2) is 30.3 Å². The van der Waals surface area contributed by atoms with E-state index in [0.717, 1.165) is 13.0 Å². The molecule has 15 heavy (non-hydrogen) atoms. The average Bonchev–Trinajstić information content (AvgIpc) is 2.26. The first kappa shape index (κ1) is 12.3. The highest BCUT2D eigenvalue weighted by Gasteiger charge is 2.17. The van der Waals surface area contributed by atoms with Crippen molar-refractivity contribution in [3.8, 4) is 0 Å². The second-order valence-electron chi connectivity index (χ2n) is 4.57. The summed E-state index contributed by atoms with van der Waals surface area (Å²) in [5, 5.41) is 0. The molecule has 0 aliphatic rings. The quantitative estimate of drug-likeness (QED) is 0.713. The van der Waals surface area contributed by atoms with Gasteiger partial charge in [-0.2, -0.15) is 0 Å². The van der Waals surface area contributed by atoms with Crippen LogP contribution in [-0.4, -0.2) is 24.5 Å². The molecule has 0 aliphatic carbocycles. The van der Waals surface area contributed by atoms with Gasteiger partial charge in [-0.05, 0) is 31.5 Å². The van der Waals surface area contributed by atoms with E-state index in [-0.39, 0.29) is 0 Å². The minimum Gasteiger partial charge on any atom is -0.303 e. The normalized spacial score (nSPS) is 13.5. The van der Waals surface area contributed by atoms with Crippen molar-refractivity contribution in [3.63, 3.8) is 0 Å². The van der Waals surface area contributed by atoms with Crippen molar-refractivity contribution in [2.45, 2.75) is 33.2 Å². The Bertz CT molecular complexity index is 266. The van der Waals surface area contributed by atoms with Gasteiger partial charge < -0.3 is 4.90 Å². The van der Waals surface area contributed by atoms with E-state index in [1.54, 1.807) is 0 Å². The van der Waals surface area contributed by atoms with Crippen molar-refractivity contribution >= 4 is 0 Å². The molecule has 0 bridgehead atoms. The monoisotopic (exact) mass is 205 g/mol. The number of benzene rings is 1. The molecule has 84 valence electrons. The topological polar surface area (TPSA) is 3.24 Å². The summed E-state index contributed by atoms with van der Waals surface area (Å²) in [4.78, 5) is 2.44. The Morgan fingerprint density at radius 1 is 1.13 bits per heavy atom. The first-order valence-electron chi connectivity index (χ1n) is 5.89. The Kier molecular flexibility index (Phi) is 4.83. The van der Waals surface area contributed by atoms with Crippen LogP contribution in [0.5, 0.6) is 0 Å². The highest BCUT2D eigenvalue weighted by Crippen LogP contribution is 2.15. The molecular formula is C14H23N. The van der Waals surface area contributed by atoms with Gasteiger partial charge >= 0.3 is 0 Å². The fourth-order valence-corrected chi connectivity index (χ4v) is 1.99. The average molecular weight is 205 g/mol. The molecule has 0 saturated carbocycles. The summed E-state index contributed by atoms with van der Waals surface area (Å²) in [6, 6.07) is 11.4. The van der Waals surface area contributed by atoms with E-state index in [0.29, 0.717) is 12.0 Å². The summed E-state index contributed by atoms with van der Waals surface area (Å²) in [6.45, 7) is 7.95. The molecule has 0 unspecified atom stereocenters. The van der Waals surface area contributed by atoms with E-state index in [2.05, 4.69) is 63.1 Å². The zero-order chi connectivity index (χ0) is 11.3. The molecule has 1 nitrogen and oxygen atoms in total. The zero-order valence-corrected chi connectivity index (χ0v) is 10.4. The lowest BCUT2D eigenvalue weighted by atomic mass is 9.95. The third kappa shape index (κ3) is 3.67. The van der Waals surface area contributed by atoms with Crippen molar-refractivity contribution in [1.82, 2.24) is 4.90 Å². The van der Waals surface area contributed by atoms with Crippen LogP contribution in [-0.2, 0) is 6.42 Å². The predicted molar refractivity (Wildman–Crippen MR) is 67.1 cm³/mol. The van der Waals surface area contributed by atoms with Gasteiger partial charge in [0.25, 0.3) is 0 Å². The largest absolute Gasteiger partial charge is 0.303 e. The lowest BCUT2D eigenvalue weighted by molar-refractivity contribution is 0.199. The molecule has 0 aromatic heterocycles. The SMILES string of the molecule is CCN(C)[C@H](Cc1ccccc1)C(C)C. The van der Waals surface area contributed by atoms with E-state index in [9.17, 15) is 0 Å². The molecular weight excluding hydrogens is 182 g/mol. The van der Waals surface area contributed by atoms with Gasteiger partial charge in [0.1, 0.15) is 0 Å². The van der Waals surface area contributed by atoms with Gasteiger partial charge in [0.15, 0.2) is 0 Å². The smallest absolute Gasteiger partial charge is 0.0155 e. The van der Waals surface area contributed by atoms with Gasteiger partial charge in [-0.15, -0.1) is 0 Å². The van der Waals surface area contributed by atoms with Crippen LogP contribution in [0.1, 0.15) is 26.3 Å². The summed E-state index contributed by atoms with van der Waals surface area (Å²) in [6.07, 6.45) is 1.16. The molecule has 0 amide bonds. The number of likely N-dealkylation sites (N-methyl/N-ethyl adjacent to an activating group) is 1. The Hall–Kier alpha value is -0.820. The molecule has 0 N–H and O–H groups in total. The Labute approximate surface area is 94.1 Å². The molecule has 0 saturated heterocycles. The predicted octanol–water partition coefficient (Wildman–Crippen LogP) is 3.21. The molecule has 0 heterocycles. The van der Waals surface area contributed by atoms with Gasteiger partial charge in [0, 0.05) is 6.04 Å². The number of hydrogen-bond donors (Lipinski definition) is 0. The minimum absolute atomic E-state index is 0.650. The molecule has 0 aliphatic heterocycles. The first-order valence-corrected chi connectivity index (χ1v) is 5.89. The molecule has 0 radical (unpaired) electrons. The maximum atomic E-state index is 2.44. The van der Waals surface area contributed by atoms with Gasteiger partial charge in [0.05, 0.1) is 0 Å². The molecule has 0 spiro atoms. The van der Waals surface area contributed by atoms with Crippen molar-refractivity contribution in [2.75, 3.05) is 13.6 Å². The van der Waals surface area contributed by atoms with Crippen LogP contribution >= 0.6 is 0 Å². The third-order valence-electron chi connectivity index (χ3n) is 3.12. The molecule has 1 heteroatoms. The number of nitrogens with zero attached hydrogens (tertiary/aromatic N) is 1. The molecule has 1 aromatic carbocycles. The van der Waals surface area contributed by atoms with Crippen molar-refractivity contribution in [3.05, 3.63) is 35.9 Å². The lowest BCUT2D eigenvalue weighted by Crippen LogP contribution is -2.37. The van der Waals surface area contributed by atoms with Gasteiger partial charge in [-0.1, -0.05) is 51.1 Å². The number of rotatable bonds is 5. The molecule has 1 atom stereocenters. The Morgan fingerprint density at radius 2 is 1.73 bits per heavy atom. The van der Waals surface area contributed by atoms with Gasteiger partial charge in [-0.3, -0.25) is 0 Å². The lowest BCUT2D eigenvalue weighted by Gasteiger charge is -2.30. The molecule has 1 rings (SSSR count). The highest BCUT2D eigenvalue weighted by molar-refractivity contribution is 5.16. The summed E-state index contributed by atoms with van der Waals surface area (Å²) in [5.41, 5.74) is 1.44. The van der Waals surface area contributed by atoms with E-state index >= 15 is 0 Å². The fourth-order valence-electron chi connectivity index (χ4n) is 1.99. The summed E-state index contributed by atoms with van der Waals surface area (Å²) >= 11 is 0. The molecule has 0 fully saturated rings. The van der Waals surface area contributed by atoms with Crippen LogP contribution in [0.25, 0.3) is 0 Å². The fraction of sp³-hybridized carbons (Fsp3) is 0.571. The summed E-state index contributed by atoms with van der Waals surface area (Å²) in [7, 11) is 2.22. The van der Waals surface area contributed by atoms with Crippen molar-refractivity contribution in [1.29, 1.82) is 0 Å². The Morgan fingerprint density at radius 3 is 2.20 bits per heavy atom. The van der Waals surface area contributed by atoms with Crippen molar-refractivity contribution < 1.29 is 0 Å². The van der Waals surface area contributed by atoms with Gasteiger partial charge in [0.2, 0.25) is 0 Å². The second kappa shape index (κ2) is 5.92. The first-order chi connectivity index (χ1) is 7.15. The van der Waals surface area contributed by atoms with E-state index in [1.807, 2.05) is 0 Å². The van der Waals surface area contributed by atoms with Crippen LogP contribution in [0.3, 0.4) is 0 Å². The highest BCUT2D eigenvalue weighted by atomic mass is 15.1. The minimum atomic E-state index is 0.650. The van der Waals surface area contributed by atoms with E-state index < -0.39 is 0 Å². The summed E-state index contributed by atoms with van der Waals surface area (Å²) in [5.74, 6) is 0.704. The van der Waals surface area contributed by atoms with Crippen LogP contribution < -0.4 is 0 Å². The summed E-state index contributed by atoms with van der Waals surface area (Å²) < 4.78 is 0. The standard InChI is InChI=1S/C14H23N/c1-5-15(4)14(12(2)3)11-13-9-7-6-8-10-13/h6-10,12,14H,5,11H2,1-4H3/t14-/m1/s1. The zero-order valence-electron chi connectivity index (χ0n) is 10.4. The van der Waals surface area contributed by atoms with Crippen LogP contribution in [0, 0.1) is 5.92 Å². The van der Waals surface area contributed by atoms with E-state index in [4.69, 9.17) is 0 Å². The second-order valence-corrected chi connectivity index (χ2v) is 4.57. The van der Waals surface area contributed by atoms with E-state index in [1.165, 1.54) is 5.56 Å².